The number of benzene rings is 2. The third kappa shape index (κ3) is 10.1. The third-order valence-electron chi connectivity index (χ3n) is 3.36. The lowest BCUT2D eigenvalue weighted by Gasteiger charge is -1.99. The highest BCUT2D eigenvalue weighted by Crippen LogP contribution is 2.19. The first-order chi connectivity index (χ1) is 12.0. The van der Waals surface area contributed by atoms with Gasteiger partial charge in [0.2, 0.25) is 0 Å². The SMILES string of the molecule is C/C(O)=C\C=C(/C)O.Cc1ccc(O)c(C)c1.Cc1cccc(C)c1O. The summed E-state index contributed by atoms with van der Waals surface area (Å²) in [5.41, 5.74) is 4.00. The molecule has 0 unspecified atom stereocenters. The van der Waals surface area contributed by atoms with E-state index in [-0.39, 0.29) is 11.5 Å². The summed E-state index contributed by atoms with van der Waals surface area (Å²) in [6.07, 6.45) is 2.85. The van der Waals surface area contributed by atoms with Crippen molar-refractivity contribution in [1.29, 1.82) is 0 Å². The van der Waals surface area contributed by atoms with Gasteiger partial charge in [0.05, 0.1) is 11.5 Å². The summed E-state index contributed by atoms with van der Waals surface area (Å²) in [4.78, 5) is 0. The molecule has 0 fully saturated rings. The lowest BCUT2D eigenvalue weighted by Crippen LogP contribution is -1.76. The van der Waals surface area contributed by atoms with Crippen LogP contribution < -0.4 is 0 Å². The molecule has 2 rings (SSSR count). The first-order valence-corrected chi connectivity index (χ1v) is 8.29. The van der Waals surface area contributed by atoms with Crippen LogP contribution >= 0.6 is 0 Å². The molecule has 2 aromatic carbocycles. The van der Waals surface area contributed by atoms with Crippen molar-refractivity contribution >= 4 is 0 Å². The molecular formula is C22H30O4. The Morgan fingerprint density at radius 1 is 0.731 bits per heavy atom. The number of phenolic OH excluding ortho intramolecular Hbond substituents is 2. The van der Waals surface area contributed by atoms with Crippen molar-refractivity contribution in [3.63, 3.8) is 0 Å². The minimum absolute atomic E-state index is 0.193. The topological polar surface area (TPSA) is 80.9 Å². The Balaban J connectivity index is 0.000000362. The quantitative estimate of drug-likeness (QED) is 0.376. The Labute approximate surface area is 156 Å². The molecule has 0 amide bonds. The second kappa shape index (κ2) is 11.6. The number of hydrogen-bond donors (Lipinski definition) is 4. The molecule has 4 N–H and O–H groups in total. The maximum Gasteiger partial charge on any atom is 0.121 e. The molecule has 2 aromatic rings. The van der Waals surface area contributed by atoms with Gasteiger partial charge >= 0.3 is 0 Å². The van der Waals surface area contributed by atoms with E-state index in [1.54, 1.807) is 19.9 Å². The molecule has 0 aliphatic rings. The Bertz CT molecular complexity index is 714. The average molecular weight is 358 g/mol. The molecule has 0 atom stereocenters. The molecule has 0 spiro atoms. The van der Waals surface area contributed by atoms with E-state index < -0.39 is 0 Å². The molecule has 0 aliphatic carbocycles. The molecule has 26 heavy (non-hydrogen) atoms. The van der Waals surface area contributed by atoms with Crippen molar-refractivity contribution in [2.24, 2.45) is 0 Å². The van der Waals surface area contributed by atoms with Gasteiger partial charge in [-0.1, -0.05) is 35.9 Å². The standard InChI is InChI=1S/2C8H10O.C6H10O2/c1-6-3-4-8(9)7(2)5-6;1-6-4-3-5-7(2)8(6)9;1-5(7)3-4-6(2)8/h2*3-5,9H,1-2H3;3-4,7-8H,1-2H3/b;;5-3+,6-4+. The number of allylic oxidation sites excluding steroid dienone is 4. The van der Waals surface area contributed by atoms with Crippen molar-refractivity contribution in [2.45, 2.75) is 41.5 Å². The predicted octanol–water partition coefficient (Wildman–Crippen LogP) is 5.93. The van der Waals surface area contributed by atoms with Crippen LogP contribution in [0, 0.1) is 27.7 Å². The summed E-state index contributed by atoms with van der Waals surface area (Å²) in [7, 11) is 0. The number of aliphatic hydroxyl groups excluding tert-OH is 2. The van der Waals surface area contributed by atoms with Crippen LogP contribution in [0.3, 0.4) is 0 Å². The Morgan fingerprint density at radius 2 is 1.19 bits per heavy atom. The summed E-state index contributed by atoms with van der Waals surface area (Å²) < 4.78 is 0. The highest BCUT2D eigenvalue weighted by molar-refractivity contribution is 5.38. The second-order valence-electron chi connectivity index (χ2n) is 6.15. The van der Waals surface area contributed by atoms with E-state index in [4.69, 9.17) is 15.3 Å². The molecular weight excluding hydrogens is 328 g/mol. The van der Waals surface area contributed by atoms with Gasteiger partial charge in [0.1, 0.15) is 11.5 Å². The van der Waals surface area contributed by atoms with Crippen molar-refractivity contribution < 1.29 is 20.4 Å². The van der Waals surface area contributed by atoms with E-state index >= 15 is 0 Å². The van der Waals surface area contributed by atoms with Crippen LogP contribution in [0.2, 0.25) is 0 Å². The minimum Gasteiger partial charge on any atom is -0.513 e. The molecule has 4 nitrogen and oxygen atoms in total. The second-order valence-corrected chi connectivity index (χ2v) is 6.15. The predicted molar refractivity (Wildman–Crippen MR) is 108 cm³/mol. The number of rotatable bonds is 1. The largest absolute Gasteiger partial charge is 0.513 e. The summed E-state index contributed by atoms with van der Waals surface area (Å²) in [5.74, 6) is 1.18. The maximum atomic E-state index is 9.21. The first-order valence-electron chi connectivity index (χ1n) is 8.29. The van der Waals surface area contributed by atoms with Gasteiger partial charge in [0.15, 0.2) is 0 Å². The van der Waals surface area contributed by atoms with E-state index in [1.807, 2.05) is 58.0 Å². The van der Waals surface area contributed by atoms with Gasteiger partial charge < -0.3 is 20.4 Å². The van der Waals surface area contributed by atoms with Gasteiger partial charge in [0.25, 0.3) is 0 Å². The van der Waals surface area contributed by atoms with Crippen molar-refractivity contribution in [3.8, 4) is 11.5 Å². The van der Waals surface area contributed by atoms with Crippen LogP contribution in [-0.4, -0.2) is 20.4 Å². The van der Waals surface area contributed by atoms with Gasteiger partial charge in [-0.2, -0.15) is 0 Å². The number of para-hydroxylation sites is 1. The molecule has 0 heterocycles. The molecule has 142 valence electrons. The first kappa shape index (κ1) is 23.1. The van der Waals surface area contributed by atoms with Gasteiger partial charge in [-0.3, -0.25) is 0 Å². The number of aryl methyl sites for hydroxylation is 4. The molecule has 0 aliphatic heterocycles. The lowest BCUT2D eigenvalue weighted by atomic mass is 10.1. The molecule has 0 radical (unpaired) electrons. The molecule has 0 aromatic heterocycles. The van der Waals surface area contributed by atoms with E-state index in [0.29, 0.717) is 11.5 Å². The van der Waals surface area contributed by atoms with Crippen LogP contribution in [0.1, 0.15) is 36.1 Å². The summed E-state index contributed by atoms with van der Waals surface area (Å²) in [6.45, 7) is 10.8. The Hall–Kier alpha value is -2.88. The van der Waals surface area contributed by atoms with E-state index in [9.17, 15) is 5.11 Å². The Morgan fingerprint density at radius 3 is 1.50 bits per heavy atom. The van der Waals surface area contributed by atoms with Crippen LogP contribution in [0.25, 0.3) is 0 Å². The van der Waals surface area contributed by atoms with Crippen molar-refractivity contribution in [2.75, 3.05) is 0 Å². The molecule has 0 bridgehead atoms. The fourth-order valence-electron chi connectivity index (χ4n) is 1.85. The average Bonchev–Trinajstić information content (AvgIpc) is 2.55. The number of hydrogen-bond acceptors (Lipinski definition) is 4. The Kier molecular flexibility index (Phi) is 10.3. The van der Waals surface area contributed by atoms with Crippen LogP contribution in [0.4, 0.5) is 0 Å². The highest BCUT2D eigenvalue weighted by atomic mass is 16.3. The van der Waals surface area contributed by atoms with Crippen LogP contribution in [-0.2, 0) is 0 Å². The van der Waals surface area contributed by atoms with Gasteiger partial charge in [-0.25, -0.2) is 0 Å². The van der Waals surface area contributed by atoms with Crippen LogP contribution in [0.15, 0.2) is 60.1 Å². The highest BCUT2D eigenvalue weighted by Gasteiger charge is 1.95. The van der Waals surface area contributed by atoms with Gasteiger partial charge in [-0.05, 0) is 76.5 Å². The lowest BCUT2D eigenvalue weighted by molar-refractivity contribution is 0.406. The molecule has 0 saturated heterocycles. The van der Waals surface area contributed by atoms with E-state index in [0.717, 1.165) is 16.7 Å². The number of phenols is 2. The monoisotopic (exact) mass is 358 g/mol. The zero-order valence-corrected chi connectivity index (χ0v) is 16.4. The third-order valence-corrected chi connectivity index (χ3v) is 3.36. The summed E-state index contributed by atoms with van der Waals surface area (Å²) in [5, 5.41) is 35.3. The number of aromatic hydroxyl groups is 2. The number of aliphatic hydroxyl groups is 2. The fraction of sp³-hybridized carbons (Fsp3) is 0.273. The van der Waals surface area contributed by atoms with E-state index in [1.165, 1.54) is 17.7 Å². The van der Waals surface area contributed by atoms with Gasteiger partial charge in [0, 0.05) is 0 Å². The van der Waals surface area contributed by atoms with Crippen molar-refractivity contribution in [3.05, 3.63) is 82.3 Å². The van der Waals surface area contributed by atoms with Gasteiger partial charge in [-0.15, -0.1) is 0 Å². The van der Waals surface area contributed by atoms with E-state index in [2.05, 4.69) is 0 Å². The molecule has 0 saturated carbocycles. The fourth-order valence-corrected chi connectivity index (χ4v) is 1.85. The normalized spacial score (nSPS) is 11.0. The molecule has 4 heteroatoms. The minimum atomic E-state index is 0.193. The zero-order chi connectivity index (χ0) is 20.3. The summed E-state index contributed by atoms with van der Waals surface area (Å²) in [6, 6.07) is 11.3. The summed E-state index contributed by atoms with van der Waals surface area (Å²) >= 11 is 0. The maximum absolute atomic E-state index is 9.21. The van der Waals surface area contributed by atoms with Crippen molar-refractivity contribution in [1.82, 2.24) is 0 Å². The smallest absolute Gasteiger partial charge is 0.121 e. The zero-order valence-electron chi connectivity index (χ0n) is 16.4. The van der Waals surface area contributed by atoms with Crippen LogP contribution in [0.5, 0.6) is 11.5 Å².